The van der Waals surface area contributed by atoms with Gasteiger partial charge in [0.25, 0.3) is 0 Å². The molecule has 1 N–H and O–H groups in total. The summed E-state index contributed by atoms with van der Waals surface area (Å²) in [5, 5.41) is 8.73. The van der Waals surface area contributed by atoms with Gasteiger partial charge in [-0.2, -0.15) is 0 Å². The maximum atomic E-state index is 10.6. The number of carboxylic acid groups (broad SMARTS) is 1. The molecule has 0 aromatic heterocycles. The summed E-state index contributed by atoms with van der Waals surface area (Å²) in [4.78, 5) is 10.6. The first-order valence-corrected chi connectivity index (χ1v) is 3.99. The van der Waals surface area contributed by atoms with E-state index in [-0.39, 0.29) is 18.1 Å². The summed E-state index contributed by atoms with van der Waals surface area (Å²) in [6, 6.07) is 0. The van der Waals surface area contributed by atoms with Crippen LogP contribution in [0.5, 0.6) is 0 Å². The van der Waals surface area contributed by atoms with Crippen LogP contribution in [-0.2, 0) is 14.3 Å². The number of hydrogen-bond acceptors (Lipinski definition) is 3. The number of rotatable bonds is 2. The van der Waals surface area contributed by atoms with Crippen molar-refractivity contribution in [3.05, 3.63) is 0 Å². The molecule has 4 nitrogen and oxygen atoms in total. The monoisotopic (exact) mass is 174 g/mol. The Bertz CT molecular complexity index is 180. The van der Waals surface area contributed by atoms with Gasteiger partial charge in [0.15, 0.2) is 12.4 Å². The highest BCUT2D eigenvalue weighted by Gasteiger charge is 2.43. The summed E-state index contributed by atoms with van der Waals surface area (Å²) >= 11 is 0. The number of ether oxygens (including phenoxy) is 2. The minimum absolute atomic E-state index is 0.00690. The lowest BCUT2D eigenvalue weighted by molar-refractivity contribution is -0.167. The van der Waals surface area contributed by atoms with Crippen molar-refractivity contribution in [2.24, 2.45) is 11.8 Å². The van der Waals surface area contributed by atoms with Crippen LogP contribution in [-0.4, -0.2) is 30.6 Å². The summed E-state index contributed by atoms with van der Waals surface area (Å²) in [5.74, 6) is -0.766. The molecule has 0 aliphatic carbocycles. The van der Waals surface area contributed by atoms with E-state index in [1.807, 2.05) is 13.8 Å². The lowest BCUT2D eigenvalue weighted by Gasteiger charge is -2.12. The molecule has 0 amide bonds. The highest BCUT2D eigenvalue weighted by molar-refractivity contribution is 5.73. The fourth-order valence-corrected chi connectivity index (χ4v) is 1.47. The van der Waals surface area contributed by atoms with E-state index in [1.54, 1.807) is 0 Å². The largest absolute Gasteiger partial charge is 0.479 e. The molecule has 1 unspecified atom stereocenters. The van der Waals surface area contributed by atoms with Gasteiger partial charge >= 0.3 is 5.97 Å². The first kappa shape index (κ1) is 9.48. The van der Waals surface area contributed by atoms with Crippen molar-refractivity contribution in [2.75, 3.05) is 7.11 Å². The Hall–Kier alpha value is -0.610. The average Bonchev–Trinajstić information content (AvgIpc) is 2.30. The molecule has 0 aromatic carbocycles. The van der Waals surface area contributed by atoms with Crippen LogP contribution in [0, 0.1) is 11.8 Å². The molecule has 1 saturated heterocycles. The van der Waals surface area contributed by atoms with Crippen LogP contribution in [0.3, 0.4) is 0 Å². The molecule has 4 atom stereocenters. The normalized spacial score (nSPS) is 41.6. The van der Waals surface area contributed by atoms with Gasteiger partial charge in [-0.05, 0) is 0 Å². The predicted octanol–water partition coefficient (Wildman–Crippen LogP) is 0.714. The van der Waals surface area contributed by atoms with Crippen LogP contribution in [0.1, 0.15) is 13.8 Å². The van der Waals surface area contributed by atoms with Gasteiger partial charge in [0, 0.05) is 18.9 Å². The Morgan fingerprint density at radius 3 is 2.25 bits per heavy atom. The highest BCUT2D eigenvalue weighted by Crippen LogP contribution is 2.32. The summed E-state index contributed by atoms with van der Waals surface area (Å²) in [7, 11) is 1.53. The van der Waals surface area contributed by atoms with Crippen molar-refractivity contribution in [1.29, 1.82) is 0 Å². The zero-order chi connectivity index (χ0) is 9.30. The summed E-state index contributed by atoms with van der Waals surface area (Å²) in [5.41, 5.74) is 0. The van der Waals surface area contributed by atoms with E-state index >= 15 is 0 Å². The van der Waals surface area contributed by atoms with Crippen LogP contribution in [0.2, 0.25) is 0 Å². The summed E-state index contributed by atoms with van der Waals surface area (Å²) in [6.45, 7) is 3.80. The van der Waals surface area contributed by atoms with Crippen LogP contribution in [0.4, 0.5) is 0 Å². The third-order valence-corrected chi connectivity index (χ3v) is 2.49. The maximum Gasteiger partial charge on any atom is 0.333 e. The quantitative estimate of drug-likeness (QED) is 0.670. The molecule has 1 heterocycles. The van der Waals surface area contributed by atoms with Gasteiger partial charge < -0.3 is 14.6 Å². The maximum absolute atomic E-state index is 10.6. The van der Waals surface area contributed by atoms with E-state index in [9.17, 15) is 4.79 Å². The SMILES string of the molecule is COC1O[C@H](C(=O)O)[C@@H](C)[C@H]1C. The molecule has 1 aliphatic rings. The minimum atomic E-state index is -0.908. The van der Waals surface area contributed by atoms with Gasteiger partial charge in [-0.25, -0.2) is 4.79 Å². The predicted molar refractivity (Wildman–Crippen MR) is 41.6 cm³/mol. The van der Waals surface area contributed by atoms with E-state index < -0.39 is 12.1 Å². The summed E-state index contributed by atoms with van der Waals surface area (Å²) in [6.07, 6.45) is -1.09. The lowest BCUT2D eigenvalue weighted by Crippen LogP contribution is -2.25. The molecule has 0 bridgehead atoms. The second kappa shape index (κ2) is 3.41. The Kier molecular flexibility index (Phi) is 2.69. The van der Waals surface area contributed by atoms with Crippen LogP contribution in [0.15, 0.2) is 0 Å². The molecule has 12 heavy (non-hydrogen) atoms. The van der Waals surface area contributed by atoms with E-state index in [2.05, 4.69) is 0 Å². The van der Waals surface area contributed by atoms with Crippen LogP contribution in [0.25, 0.3) is 0 Å². The molecular weight excluding hydrogens is 160 g/mol. The first-order chi connectivity index (χ1) is 5.57. The highest BCUT2D eigenvalue weighted by atomic mass is 16.7. The second-order valence-electron chi connectivity index (χ2n) is 3.22. The van der Waals surface area contributed by atoms with Gasteiger partial charge in [-0.3, -0.25) is 0 Å². The van der Waals surface area contributed by atoms with Crippen molar-refractivity contribution in [3.63, 3.8) is 0 Å². The van der Waals surface area contributed by atoms with Crippen molar-refractivity contribution in [2.45, 2.75) is 26.2 Å². The van der Waals surface area contributed by atoms with Gasteiger partial charge in [0.2, 0.25) is 0 Å². The summed E-state index contributed by atoms with van der Waals surface area (Å²) < 4.78 is 10.2. The Morgan fingerprint density at radius 1 is 1.42 bits per heavy atom. The number of aliphatic carboxylic acids is 1. The van der Waals surface area contributed by atoms with E-state index in [1.165, 1.54) is 7.11 Å². The molecule has 0 radical (unpaired) electrons. The topological polar surface area (TPSA) is 55.8 Å². The number of hydrogen-bond donors (Lipinski definition) is 1. The van der Waals surface area contributed by atoms with E-state index in [4.69, 9.17) is 14.6 Å². The third-order valence-electron chi connectivity index (χ3n) is 2.49. The molecule has 0 aromatic rings. The van der Waals surface area contributed by atoms with Crippen LogP contribution >= 0.6 is 0 Å². The molecule has 0 saturated carbocycles. The lowest BCUT2D eigenvalue weighted by atomic mass is 9.94. The van der Waals surface area contributed by atoms with Crippen molar-refractivity contribution < 1.29 is 19.4 Å². The average molecular weight is 174 g/mol. The van der Waals surface area contributed by atoms with Gasteiger partial charge in [0.1, 0.15) is 0 Å². The number of carbonyl (C=O) groups is 1. The zero-order valence-corrected chi connectivity index (χ0v) is 7.48. The van der Waals surface area contributed by atoms with Crippen molar-refractivity contribution >= 4 is 5.97 Å². The molecule has 1 rings (SSSR count). The smallest absolute Gasteiger partial charge is 0.333 e. The van der Waals surface area contributed by atoms with Gasteiger partial charge in [0.05, 0.1) is 0 Å². The zero-order valence-electron chi connectivity index (χ0n) is 7.48. The first-order valence-electron chi connectivity index (χ1n) is 3.99. The van der Waals surface area contributed by atoms with Crippen molar-refractivity contribution in [3.8, 4) is 0 Å². The number of carboxylic acids is 1. The van der Waals surface area contributed by atoms with Crippen molar-refractivity contribution in [1.82, 2.24) is 0 Å². The van der Waals surface area contributed by atoms with Gasteiger partial charge in [-0.1, -0.05) is 13.8 Å². The molecule has 4 heteroatoms. The fourth-order valence-electron chi connectivity index (χ4n) is 1.47. The molecule has 1 aliphatic heterocycles. The molecule has 70 valence electrons. The number of methoxy groups -OCH3 is 1. The molecular formula is C8H14O4. The minimum Gasteiger partial charge on any atom is -0.479 e. The van der Waals surface area contributed by atoms with Gasteiger partial charge in [-0.15, -0.1) is 0 Å². The van der Waals surface area contributed by atoms with Crippen LogP contribution < -0.4 is 0 Å². The Labute approximate surface area is 71.5 Å². The second-order valence-corrected chi connectivity index (χ2v) is 3.22. The Balaban J connectivity index is 2.66. The standard InChI is InChI=1S/C8H14O4/c1-4-5(2)8(11-3)12-6(4)7(9)10/h4-6,8H,1-3H3,(H,9,10)/t4-,5+,6-,8?/m0/s1. The fraction of sp³-hybridized carbons (Fsp3) is 0.875. The van der Waals surface area contributed by atoms with E-state index in [0.717, 1.165) is 0 Å². The third kappa shape index (κ3) is 1.44. The molecule has 0 spiro atoms. The van der Waals surface area contributed by atoms with E-state index in [0.29, 0.717) is 0 Å². The molecule has 1 fully saturated rings. The Morgan fingerprint density at radius 2 is 2.00 bits per heavy atom.